The lowest BCUT2D eigenvalue weighted by Gasteiger charge is -2.72. The minimum atomic E-state index is -1.74. The zero-order valence-corrected chi connectivity index (χ0v) is 39.1. The number of hydrogen-bond acceptors (Lipinski definition) is 19. The first-order valence-corrected chi connectivity index (χ1v) is 23.9. The van der Waals surface area contributed by atoms with E-state index in [1.165, 1.54) is 6.92 Å². The van der Waals surface area contributed by atoms with E-state index in [1.807, 2.05) is 0 Å². The Morgan fingerprint density at radius 3 is 1.98 bits per heavy atom. The third-order valence-electron chi connectivity index (χ3n) is 18.9. The maximum Gasteiger partial charge on any atom is 0.315 e. The minimum absolute atomic E-state index is 0.141. The number of carbonyl (C=O) groups is 1. The fourth-order valence-corrected chi connectivity index (χ4v) is 15.0. The summed E-state index contributed by atoms with van der Waals surface area (Å²) in [6.07, 6.45) is -18.9. The van der Waals surface area contributed by atoms with Crippen molar-refractivity contribution in [1.82, 2.24) is 0 Å². The van der Waals surface area contributed by atoms with Crippen LogP contribution in [-0.4, -0.2) is 191 Å². The largest absolute Gasteiger partial charge is 0.432 e. The van der Waals surface area contributed by atoms with Crippen molar-refractivity contribution in [2.75, 3.05) is 19.8 Å². The zero-order valence-electron chi connectivity index (χ0n) is 39.1. The van der Waals surface area contributed by atoms with Crippen LogP contribution in [0.5, 0.6) is 0 Å². The van der Waals surface area contributed by atoms with Crippen molar-refractivity contribution >= 4 is 5.97 Å². The Morgan fingerprint density at radius 2 is 1.33 bits per heavy atom. The molecule has 3 aliphatic heterocycles. The normalized spacial score (nSPS) is 55.9. The van der Waals surface area contributed by atoms with Gasteiger partial charge in [-0.05, 0) is 91.8 Å². The first kappa shape index (κ1) is 50.9. The van der Waals surface area contributed by atoms with Gasteiger partial charge >= 0.3 is 5.97 Å². The molecule has 3 saturated heterocycles. The van der Waals surface area contributed by atoms with Crippen molar-refractivity contribution in [2.45, 2.75) is 204 Å². The summed E-state index contributed by atoms with van der Waals surface area (Å²) >= 11 is 0. The van der Waals surface area contributed by atoms with E-state index in [2.05, 4.69) is 40.7 Å². The smallest absolute Gasteiger partial charge is 0.315 e. The molecule has 0 aromatic rings. The van der Waals surface area contributed by atoms with Crippen LogP contribution in [0.25, 0.3) is 0 Å². The number of aliphatic hydroxyl groups excluding tert-OH is 12. The maximum atomic E-state index is 15.1. The second-order valence-electron chi connectivity index (χ2n) is 23.2. The predicted molar refractivity (Wildman–Crippen MR) is 227 cm³/mol. The van der Waals surface area contributed by atoms with E-state index in [1.54, 1.807) is 6.92 Å². The lowest BCUT2D eigenvalue weighted by atomic mass is 9.33. The monoisotopic (exact) mass is 944 g/mol. The van der Waals surface area contributed by atoms with Crippen molar-refractivity contribution in [2.24, 2.45) is 50.2 Å². The highest BCUT2D eigenvalue weighted by Crippen LogP contribution is 2.76. The van der Waals surface area contributed by atoms with Gasteiger partial charge in [0.15, 0.2) is 18.7 Å². The van der Waals surface area contributed by atoms with Crippen molar-refractivity contribution in [3.63, 3.8) is 0 Å². The molecule has 0 unspecified atom stereocenters. The zero-order chi connectivity index (χ0) is 48.4. The van der Waals surface area contributed by atoms with E-state index in [4.69, 9.17) is 28.4 Å². The Morgan fingerprint density at radius 1 is 0.697 bits per heavy atom. The molecule has 0 bridgehead atoms. The van der Waals surface area contributed by atoms with Crippen LogP contribution < -0.4 is 0 Å². The van der Waals surface area contributed by atoms with Crippen LogP contribution in [0.4, 0.5) is 0 Å². The van der Waals surface area contributed by atoms with Crippen LogP contribution in [0.3, 0.4) is 0 Å². The van der Waals surface area contributed by atoms with Gasteiger partial charge in [-0.3, -0.25) is 4.79 Å². The lowest BCUT2D eigenvalue weighted by Crippen LogP contribution is -2.72. The van der Waals surface area contributed by atoms with E-state index in [9.17, 15) is 61.3 Å². The number of esters is 1. The van der Waals surface area contributed by atoms with Crippen molar-refractivity contribution in [3.05, 3.63) is 11.6 Å². The molecule has 8 aliphatic rings. The lowest BCUT2D eigenvalue weighted by molar-refractivity contribution is -0.351. The van der Waals surface area contributed by atoms with Gasteiger partial charge in [0.25, 0.3) is 0 Å². The third kappa shape index (κ3) is 7.68. The molecule has 4 saturated carbocycles. The van der Waals surface area contributed by atoms with Gasteiger partial charge in [0.1, 0.15) is 54.9 Å². The molecule has 3 heterocycles. The topological polar surface area (TPSA) is 315 Å². The van der Waals surface area contributed by atoms with E-state index in [-0.39, 0.29) is 30.3 Å². The van der Waals surface area contributed by atoms with E-state index >= 15 is 4.79 Å². The van der Waals surface area contributed by atoms with Gasteiger partial charge in [-0.1, -0.05) is 53.2 Å². The second-order valence-corrected chi connectivity index (χ2v) is 23.2. The molecule has 0 spiro atoms. The quantitative estimate of drug-likeness (QED) is 0.0766. The first-order valence-electron chi connectivity index (χ1n) is 23.9. The number of rotatable bonds is 8. The molecule has 19 heteroatoms. The summed E-state index contributed by atoms with van der Waals surface area (Å²) in [6.45, 7) is 12.4. The summed E-state index contributed by atoms with van der Waals surface area (Å²) in [7, 11) is 0. The van der Waals surface area contributed by atoms with Gasteiger partial charge in [-0.25, -0.2) is 0 Å². The van der Waals surface area contributed by atoms with Gasteiger partial charge in [0, 0.05) is 11.3 Å². The number of aliphatic hydroxyl groups is 12. The molecular formula is C47H76O19. The van der Waals surface area contributed by atoms with Gasteiger partial charge in [0.2, 0.25) is 6.29 Å². The molecule has 25 atom stereocenters. The average molecular weight is 945 g/mol. The van der Waals surface area contributed by atoms with Gasteiger partial charge < -0.3 is 89.7 Å². The molecule has 66 heavy (non-hydrogen) atoms. The molecule has 5 aliphatic carbocycles. The molecule has 0 amide bonds. The van der Waals surface area contributed by atoms with E-state index in [0.717, 1.165) is 5.57 Å². The van der Waals surface area contributed by atoms with Crippen LogP contribution in [-0.2, 0) is 33.2 Å². The Kier molecular flexibility index (Phi) is 13.6. The van der Waals surface area contributed by atoms with E-state index < -0.39 is 157 Å². The molecule has 0 aromatic heterocycles. The summed E-state index contributed by atoms with van der Waals surface area (Å²) in [5, 5.41) is 131. The third-order valence-corrected chi connectivity index (χ3v) is 18.9. The number of allylic oxidation sites excluding steroid dienone is 2. The van der Waals surface area contributed by atoms with Gasteiger partial charge in [-0.15, -0.1) is 0 Å². The van der Waals surface area contributed by atoms with Crippen molar-refractivity contribution < 1.29 is 94.5 Å². The molecule has 0 radical (unpaired) electrons. The van der Waals surface area contributed by atoms with Crippen LogP contribution in [0, 0.1) is 50.2 Å². The van der Waals surface area contributed by atoms with Gasteiger partial charge in [0.05, 0.1) is 49.7 Å². The summed E-state index contributed by atoms with van der Waals surface area (Å²) in [6, 6.07) is 0. The van der Waals surface area contributed by atoms with Gasteiger partial charge in [-0.2, -0.15) is 0 Å². The highest BCUT2D eigenvalue weighted by atomic mass is 16.8. The van der Waals surface area contributed by atoms with Crippen molar-refractivity contribution in [3.8, 4) is 0 Å². The summed E-state index contributed by atoms with van der Waals surface area (Å²) in [4.78, 5) is 15.1. The maximum absolute atomic E-state index is 15.1. The summed E-state index contributed by atoms with van der Waals surface area (Å²) < 4.78 is 35.6. The second kappa shape index (κ2) is 17.7. The molecule has 0 aromatic carbocycles. The number of fused-ring (bicyclic) bond motifs is 7. The molecule has 8 rings (SSSR count). The first-order chi connectivity index (χ1) is 30.7. The van der Waals surface area contributed by atoms with Crippen LogP contribution in [0.2, 0.25) is 0 Å². The predicted octanol–water partition coefficient (Wildman–Crippen LogP) is -1.28. The Bertz CT molecular complexity index is 1820. The number of ether oxygens (including phenoxy) is 6. The Labute approximate surface area is 385 Å². The molecular weight excluding hydrogens is 868 g/mol. The van der Waals surface area contributed by atoms with Crippen LogP contribution in [0.15, 0.2) is 11.6 Å². The standard InChI is InChI=1S/C47H76O19/c1-20-28(53)31(56)33(58)38(62-20)64-35-29(54)25(52)18-61-40(35)66-41(60)47-12-10-42(2,3)14-22(47)21-8-9-27-43(4)15-24(51)37(65-39-34(59)32(57)30(55)26(17-48)63-39)44(5,19-49)36(43)23(50)16-46(27,7)45(21,6)11-13-47/h8,20,22-40,48-59H,9-19H2,1-7H3/t20-,22-,23+,24-,25-,26+,27+,28-,29-,30+,31+,32-,33+,34+,35+,36+,37-,38-,39-,40-,43+,44-,45+,46+,47-/m0/s1. The molecule has 19 nitrogen and oxygen atoms in total. The highest BCUT2D eigenvalue weighted by Gasteiger charge is 2.73. The molecule has 7 fully saturated rings. The van der Waals surface area contributed by atoms with E-state index in [0.29, 0.717) is 44.9 Å². The fourth-order valence-electron chi connectivity index (χ4n) is 15.0. The van der Waals surface area contributed by atoms with Crippen LogP contribution in [0.1, 0.15) is 99.8 Å². The minimum Gasteiger partial charge on any atom is -0.432 e. The summed E-state index contributed by atoms with van der Waals surface area (Å²) in [5.74, 6) is -1.65. The van der Waals surface area contributed by atoms with Crippen LogP contribution >= 0.6 is 0 Å². The average Bonchev–Trinajstić information content (AvgIpc) is 3.25. The molecule has 12 N–H and O–H groups in total. The fraction of sp³-hybridized carbons (Fsp3) is 0.936. The molecule has 378 valence electrons. The SMILES string of the molecule is C[C@@H]1O[C@@H](O[C@H]2[C@H](OC(=O)[C@]34CCC(C)(C)C[C@H]3C3=CC[C@@H]5[C@@]6(C)C[C@H](O)[C@H](O[C@@H]7O[C@H](CO)[C@@H](O)[C@H](O)[C@H]7O)[C@@](C)(CO)[C@@H]6[C@H](O)C[C@@]5(C)[C@]3(C)CC4)OC[C@H](O)[C@@H]2O)[C@H](O)[C@H](O)[C@H]1O. The number of carbonyl (C=O) groups excluding carboxylic acids is 1. The highest BCUT2D eigenvalue weighted by molar-refractivity contribution is 5.79. The Hall–Kier alpha value is -1.47. The summed E-state index contributed by atoms with van der Waals surface area (Å²) in [5.41, 5.74) is -3.39. The number of hydrogen-bond donors (Lipinski definition) is 12. The Balaban J connectivity index is 1.09. The van der Waals surface area contributed by atoms with Crippen molar-refractivity contribution in [1.29, 1.82) is 0 Å².